The minimum absolute atomic E-state index is 0.335. The van der Waals surface area contributed by atoms with Crippen molar-refractivity contribution in [3.63, 3.8) is 0 Å². The Morgan fingerprint density at radius 1 is 1.00 bits per heavy atom. The average Bonchev–Trinajstić information content (AvgIpc) is 1.96. The van der Waals surface area contributed by atoms with Crippen LogP contribution in [0.4, 0.5) is 0 Å². The van der Waals surface area contributed by atoms with Gasteiger partial charge in [0.25, 0.3) is 0 Å². The fourth-order valence-electron chi connectivity index (χ4n) is 1.18. The lowest BCUT2D eigenvalue weighted by Gasteiger charge is -2.28. The third-order valence-electron chi connectivity index (χ3n) is 3.14. The zero-order valence-corrected chi connectivity index (χ0v) is 11.1. The van der Waals surface area contributed by atoms with Gasteiger partial charge in [-0.1, -0.05) is 60.6 Å². The molecule has 0 saturated heterocycles. The van der Waals surface area contributed by atoms with Gasteiger partial charge in [-0.05, 0) is 29.6 Å². The topological polar surface area (TPSA) is 0 Å². The molecule has 14 heavy (non-hydrogen) atoms. The van der Waals surface area contributed by atoms with Crippen LogP contribution in [0.3, 0.4) is 0 Å². The highest BCUT2D eigenvalue weighted by molar-refractivity contribution is 4.93. The second kappa shape index (κ2) is 5.00. The largest absolute Gasteiger partial charge is 0.0880 e. The first kappa shape index (κ1) is 13.7. The molecule has 0 rings (SSSR count). The van der Waals surface area contributed by atoms with Crippen molar-refractivity contribution >= 4 is 0 Å². The first-order valence-corrected chi connectivity index (χ1v) is 5.83. The Morgan fingerprint density at radius 3 is 1.86 bits per heavy atom. The maximum Gasteiger partial charge on any atom is -0.0203 e. The molecule has 0 spiro atoms. The molecule has 0 radical (unpaired) electrons. The molecule has 0 atom stereocenters. The van der Waals surface area contributed by atoms with Crippen LogP contribution in [0.5, 0.6) is 0 Å². The zero-order valence-electron chi connectivity index (χ0n) is 11.1. The van der Waals surface area contributed by atoms with Crippen LogP contribution in [0.15, 0.2) is 12.2 Å². The van der Waals surface area contributed by atoms with Crippen molar-refractivity contribution in [2.45, 2.75) is 61.3 Å². The molecule has 0 saturated carbocycles. The Bertz CT molecular complexity index is 177. The Hall–Kier alpha value is -0.260. The minimum Gasteiger partial charge on any atom is -0.0880 e. The molecule has 0 amide bonds. The van der Waals surface area contributed by atoms with Gasteiger partial charge in [0.15, 0.2) is 0 Å². The summed E-state index contributed by atoms with van der Waals surface area (Å²) in [6.07, 6.45) is 7.16. The molecular formula is C14H28. The van der Waals surface area contributed by atoms with Gasteiger partial charge in [0.2, 0.25) is 0 Å². The summed E-state index contributed by atoms with van der Waals surface area (Å²) in [6, 6.07) is 0. The standard InChI is InChI=1S/C14H28/c1-12(2)14(6,7)11-9-8-10-13(3,4)5/h8,10,12H,9,11H2,1-7H3. The maximum atomic E-state index is 2.36. The fraction of sp³-hybridized carbons (Fsp3) is 0.857. The molecule has 84 valence electrons. The number of hydrogen-bond acceptors (Lipinski definition) is 0. The van der Waals surface area contributed by atoms with Gasteiger partial charge in [-0.25, -0.2) is 0 Å². The lowest BCUT2D eigenvalue weighted by atomic mass is 9.77. The summed E-state index contributed by atoms with van der Waals surface area (Å²) in [5, 5.41) is 0. The van der Waals surface area contributed by atoms with Gasteiger partial charge < -0.3 is 0 Å². The van der Waals surface area contributed by atoms with E-state index in [1.807, 2.05) is 0 Å². The summed E-state index contributed by atoms with van der Waals surface area (Å²) in [7, 11) is 0. The van der Waals surface area contributed by atoms with Crippen molar-refractivity contribution in [2.24, 2.45) is 16.7 Å². The van der Waals surface area contributed by atoms with Gasteiger partial charge in [-0.15, -0.1) is 0 Å². The molecule has 0 aliphatic heterocycles. The van der Waals surface area contributed by atoms with Gasteiger partial charge in [-0.3, -0.25) is 0 Å². The van der Waals surface area contributed by atoms with Crippen molar-refractivity contribution in [3.8, 4) is 0 Å². The highest BCUT2D eigenvalue weighted by atomic mass is 14.3. The lowest BCUT2D eigenvalue weighted by molar-refractivity contribution is 0.231. The second-order valence-electron chi connectivity index (χ2n) is 6.45. The van der Waals surface area contributed by atoms with Crippen LogP contribution in [0.25, 0.3) is 0 Å². The SMILES string of the molecule is CC(C)C(C)(C)CCC=CC(C)(C)C. The Balaban J connectivity index is 3.91. The molecule has 0 aromatic heterocycles. The van der Waals surface area contributed by atoms with Gasteiger partial charge in [0.1, 0.15) is 0 Å². The number of rotatable bonds is 4. The van der Waals surface area contributed by atoms with Crippen molar-refractivity contribution < 1.29 is 0 Å². The highest BCUT2D eigenvalue weighted by Crippen LogP contribution is 2.31. The lowest BCUT2D eigenvalue weighted by Crippen LogP contribution is -2.18. The van der Waals surface area contributed by atoms with Gasteiger partial charge in [0, 0.05) is 0 Å². The molecule has 0 nitrogen and oxygen atoms in total. The molecule has 0 heteroatoms. The van der Waals surface area contributed by atoms with Crippen LogP contribution in [-0.2, 0) is 0 Å². The van der Waals surface area contributed by atoms with Crippen LogP contribution in [-0.4, -0.2) is 0 Å². The summed E-state index contributed by atoms with van der Waals surface area (Å²) >= 11 is 0. The van der Waals surface area contributed by atoms with Crippen LogP contribution in [0, 0.1) is 16.7 Å². The molecular weight excluding hydrogens is 168 g/mol. The maximum absolute atomic E-state index is 2.36. The van der Waals surface area contributed by atoms with E-state index in [0.29, 0.717) is 10.8 Å². The van der Waals surface area contributed by atoms with Gasteiger partial charge in [-0.2, -0.15) is 0 Å². The Morgan fingerprint density at radius 2 is 1.50 bits per heavy atom. The number of hydrogen-bond donors (Lipinski definition) is 0. The summed E-state index contributed by atoms with van der Waals surface area (Å²) in [5.41, 5.74) is 0.810. The van der Waals surface area contributed by atoms with E-state index in [2.05, 4.69) is 60.6 Å². The predicted molar refractivity (Wildman–Crippen MR) is 66.4 cm³/mol. The first-order valence-electron chi connectivity index (χ1n) is 5.83. The molecule has 0 bridgehead atoms. The molecule has 0 aromatic rings. The summed E-state index contributed by atoms with van der Waals surface area (Å²) < 4.78 is 0. The van der Waals surface area contributed by atoms with E-state index in [-0.39, 0.29) is 0 Å². The van der Waals surface area contributed by atoms with Crippen LogP contribution < -0.4 is 0 Å². The van der Waals surface area contributed by atoms with E-state index in [4.69, 9.17) is 0 Å². The summed E-state index contributed by atoms with van der Waals surface area (Å²) in [6.45, 7) is 16.1. The summed E-state index contributed by atoms with van der Waals surface area (Å²) in [5.74, 6) is 0.769. The van der Waals surface area contributed by atoms with E-state index in [1.54, 1.807) is 0 Å². The third kappa shape index (κ3) is 6.23. The molecule has 0 fully saturated rings. The van der Waals surface area contributed by atoms with Crippen molar-refractivity contribution in [1.29, 1.82) is 0 Å². The Kier molecular flexibility index (Phi) is 4.91. The molecule has 0 aliphatic rings. The van der Waals surface area contributed by atoms with Crippen molar-refractivity contribution in [2.75, 3.05) is 0 Å². The van der Waals surface area contributed by atoms with Crippen molar-refractivity contribution in [1.82, 2.24) is 0 Å². The van der Waals surface area contributed by atoms with Gasteiger partial charge in [0.05, 0.1) is 0 Å². The average molecular weight is 196 g/mol. The molecule has 0 unspecified atom stereocenters. The Labute approximate surface area is 90.8 Å². The zero-order chi connectivity index (χ0) is 11.4. The molecule has 0 aromatic carbocycles. The number of allylic oxidation sites excluding steroid dienone is 2. The van der Waals surface area contributed by atoms with E-state index in [1.165, 1.54) is 12.8 Å². The molecule has 0 N–H and O–H groups in total. The third-order valence-corrected chi connectivity index (χ3v) is 3.14. The van der Waals surface area contributed by atoms with E-state index in [0.717, 1.165) is 5.92 Å². The predicted octanol–water partition coefficient (Wildman–Crippen LogP) is 5.05. The quantitative estimate of drug-likeness (QED) is 0.552. The molecule has 0 heterocycles. The molecule has 0 aliphatic carbocycles. The van der Waals surface area contributed by atoms with Crippen LogP contribution in [0.1, 0.15) is 61.3 Å². The van der Waals surface area contributed by atoms with Crippen LogP contribution >= 0.6 is 0 Å². The summed E-state index contributed by atoms with van der Waals surface area (Å²) in [4.78, 5) is 0. The van der Waals surface area contributed by atoms with E-state index < -0.39 is 0 Å². The minimum atomic E-state index is 0.335. The monoisotopic (exact) mass is 196 g/mol. The van der Waals surface area contributed by atoms with Crippen molar-refractivity contribution in [3.05, 3.63) is 12.2 Å². The van der Waals surface area contributed by atoms with Gasteiger partial charge >= 0.3 is 0 Å². The van der Waals surface area contributed by atoms with Crippen LogP contribution in [0.2, 0.25) is 0 Å². The highest BCUT2D eigenvalue weighted by Gasteiger charge is 2.20. The van der Waals surface area contributed by atoms with E-state index in [9.17, 15) is 0 Å². The second-order valence-corrected chi connectivity index (χ2v) is 6.45. The normalized spacial score (nSPS) is 14.3. The smallest absolute Gasteiger partial charge is 0.0203 e. The van der Waals surface area contributed by atoms with E-state index >= 15 is 0 Å². The fourth-order valence-corrected chi connectivity index (χ4v) is 1.18. The first-order chi connectivity index (χ1) is 6.15.